The van der Waals surface area contributed by atoms with E-state index in [4.69, 9.17) is 18.4 Å². The van der Waals surface area contributed by atoms with Crippen molar-refractivity contribution in [2.75, 3.05) is 73.0 Å². The van der Waals surface area contributed by atoms with Crippen LogP contribution in [0.2, 0.25) is 32.7 Å². The summed E-state index contributed by atoms with van der Waals surface area (Å²) in [6, 6.07) is 0. The molecule has 584 valence electrons. The average molecular weight is 1720 g/mol. The molecule has 0 spiro atoms. The molecule has 2 atom stereocenters. The highest BCUT2D eigenvalue weighted by atomic mass is 32.3. The second-order valence-electron chi connectivity index (χ2n) is 17.1. The van der Waals surface area contributed by atoms with Gasteiger partial charge in [-0.15, -0.1) is 60.8 Å². The molecule has 2 unspecified atom stereocenters. The van der Waals surface area contributed by atoms with Crippen LogP contribution in [-0.2, 0) is 114 Å². The van der Waals surface area contributed by atoms with Gasteiger partial charge in [0.2, 0.25) is 28.4 Å². The first-order chi connectivity index (χ1) is 41.6. The van der Waals surface area contributed by atoms with E-state index in [0.29, 0.717) is 23.3 Å². The van der Waals surface area contributed by atoms with Crippen LogP contribution in [0.5, 0.6) is 0 Å². The highest BCUT2D eigenvalue weighted by Gasteiger charge is 2.56. The molecule has 0 heterocycles. The Morgan fingerprint density at radius 1 is 0.521 bits per heavy atom. The van der Waals surface area contributed by atoms with Crippen LogP contribution in [0.3, 0.4) is 0 Å². The minimum absolute atomic E-state index is 0.0590. The van der Waals surface area contributed by atoms with E-state index in [2.05, 4.69) is 89.6 Å². The van der Waals surface area contributed by atoms with Crippen molar-refractivity contribution in [3.05, 3.63) is 61.4 Å². The van der Waals surface area contributed by atoms with E-state index in [1.165, 1.54) is 36.7 Å². The summed E-state index contributed by atoms with van der Waals surface area (Å²) in [5.74, 6) is -5.97. The van der Waals surface area contributed by atoms with E-state index in [-0.39, 0.29) is 31.3 Å². The molecule has 0 bridgehead atoms. The van der Waals surface area contributed by atoms with Crippen LogP contribution < -0.4 is 27.4 Å². The fourth-order valence-electron chi connectivity index (χ4n) is 2.58. The van der Waals surface area contributed by atoms with Gasteiger partial charge in [-0.2, -0.15) is 73.7 Å². The number of hydrogen-bond donors (Lipinski definition) is 6. The molecule has 96 heavy (non-hydrogen) atoms. The molecule has 6 N–H and O–H groups in total. The number of sulfonamides is 3. The molecule has 62 heteroatoms. The van der Waals surface area contributed by atoms with Crippen molar-refractivity contribution in [1.29, 1.82) is 0 Å². The minimum Gasteiger partial charge on any atom is -0.775 e. The molecule has 0 fully saturated rings. The molecular formula is C34H75F17N5O26P6S5Si3-. The first kappa shape index (κ1) is 113. The molecule has 0 radical (unpaired) electrons. The molecule has 0 amide bonds. The van der Waals surface area contributed by atoms with Gasteiger partial charge >= 0.3 is 93.2 Å². The maximum absolute atomic E-state index is 12.5. The average Bonchev–Trinajstić information content (AvgIpc) is 0.868. The molecule has 0 rings (SSSR count). The SMILES string of the molecule is C=C[Si](C)(C)C.C=C[Si](C)(C=C)OC.C=C[Si](C)(F)C=C.CCOP(=O)(NP(=O)(OCC(F)(F)F)OCC(F)(F)F)OCC.CCOP(=O)(NS(=O)(=O)OC)OCC.CP(=O)([O-])F.CS(=O)(=O)NS(=O)(=O)C(F)(F)F.CS(=O)(=O)NS(=O)(=O)O.O=P(F)(F)NP(=O)(F)C(F)(F)F. The van der Waals surface area contributed by atoms with Crippen molar-refractivity contribution in [3.63, 3.8) is 0 Å². The van der Waals surface area contributed by atoms with Gasteiger partial charge in [0.1, 0.15) is 0 Å². The van der Waals surface area contributed by atoms with E-state index >= 15 is 0 Å². The third-order valence-electron chi connectivity index (χ3n) is 6.74. The van der Waals surface area contributed by atoms with Gasteiger partial charge in [-0.25, -0.2) is 47.7 Å². The van der Waals surface area contributed by atoms with Gasteiger partial charge in [-0.05, 0) is 40.8 Å². The molecule has 0 aromatic heterocycles. The quantitative estimate of drug-likeness (QED) is 0.0133. The Bertz CT molecular complexity index is 3140. The first-order valence-corrected chi connectivity index (χ1v) is 50.1. The van der Waals surface area contributed by atoms with Gasteiger partial charge in [0.05, 0.1) is 54.1 Å². The fourth-order valence-corrected chi connectivity index (χ4v) is 14.6. The Labute approximate surface area is 548 Å². The zero-order chi connectivity index (χ0) is 80.0. The number of halogens is 17. The van der Waals surface area contributed by atoms with Crippen LogP contribution >= 0.6 is 46.4 Å². The number of hydrogen-bond acceptors (Lipinski definition) is 25. The summed E-state index contributed by atoms with van der Waals surface area (Å²) < 4.78 is 409. The third-order valence-corrected chi connectivity index (χ3v) is 26.9. The van der Waals surface area contributed by atoms with Gasteiger partial charge in [0.15, 0.2) is 20.9 Å². The van der Waals surface area contributed by atoms with Crippen molar-refractivity contribution in [1.82, 2.24) is 22.5 Å². The Morgan fingerprint density at radius 3 is 0.927 bits per heavy atom. The highest BCUT2D eigenvalue weighted by Crippen LogP contribution is 2.66. The van der Waals surface area contributed by atoms with Crippen LogP contribution in [0, 0.1) is 0 Å². The number of nitrogens with one attached hydrogen (secondary N) is 5. The lowest BCUT2D eigenvalue weighted by molar-refractivity contribution is -0.184. The van der Waals surface area contributed by atoms with E-state index in [9.17, 15) is 138 Å². The van der Waals surface area contributed by atoms with E-state index in [1.54, 1.807) is 25.4 Å². The summed E-state index contributed by atoms with van der Waals surface area (Å²) in [7, 11) is -56.6. The topological polar surface area (TPSA) is 450 Å². The van der Waals surface area contributed by atoms with Crippen molar-refractivity contribution < 1.29 is 188 Å². The summed E-state index contributed by atoms with van der Waals surface area (Å²) in [5, 5.41) is 0. The lowest BCUT2D eigenvalue weighted by Crippen LogP contribution is -2.39. The number of rotatable bonds is 29. The molecule has 31 nitrogen and oxygen atoms in total. The summed E-state index contributed by atoms with van der Waals surface area (Å²) in [5.41, 5.74) is 2.85. The van der Waals surface area contributed by atoms with Crippen molar-refractivity contribution >= 4 is 122 Å². The van der Waals surface area contributed by atoms with Crippen molar-refractivity contribution in [2.24, 2.45) is 0 Å². The third kappa shape index (κ3) is 81.7. The smallest absolute Gasteiger partial charge is 0.512 e. The molecule has 0 aliphatic heterocycles. The predicted octanol–water partition coefficient (Wildman–Crippen LogP) is 11.5. The summed E-state index contributed by atoms with van der Waals surface area (Å²) in [4.78, 5) is 9.99. The zero-order valence-electron chi connectivity index (χ0n) is 52.5. The van der Waals surface area contributed by atoms with Gasteiger partial charge < -0.3 is 18.0 Å². The summed E-state index contributed by atoms with van der Waals surface area (Å²) in [6.07, 6.45) is -9.11. The van der Waals surface area contributed by atoms with E-state index in [1.807, 2.05) is 17.9 Å². The Morgan fingerprint density at radius 2 is 0.802 bits per heavy atom. The van der Waals surface area contributed by atoms with Crippen molar-refractivity contribution in [3.8, 4) is 0 Å². The predicted molar refractivity (Wildman–Crippen MR) is 326 cm³/mol. The highest BCUT2D eigenvalue weighted by molar-refractivity contribution is 8.04. The van der Waals surface area contributed by atoms with Crippen molar-refractivity contribution in [2.45, 2.75) is 84.2 Å². The largest absolute Gasteiger partial charge is 0.775 e. The van der Waals surface area contributed by atoms with Crippen LogP contribution in [0.1, 0.15) is 27.7 Å². The summed E-state index contributed by atoms with van der Waals surface area (Å²) in [6.45, 7) is 29.3. The first-order valence-electron chi connectivity index (χ1n) is 23.6. The maximum atomic E-state index is 12.5. The lowest BCUT2D eigenvalue weighted by Gasteiger charge is -2.24. The molecule has 0 aliphatic carbocycles. The zero-order valence-corrected chi connectivity index (χ0v) is 64.9. The Hall–Kier alpha value is -1.31. The fraction of sp³-hybridized carbons (Fsp3) is 0.706. The standard InChI is InChI=1S/C8H15F6NO6P2.C6H12OSi.C5H9FSi.C5H14NO6PS.C5H12Si.C2H4F3NO4S2.CHF6NO2P2.CH4FO2P.CH5NO5S2/c1-3-18-22(16,19-4-2)15-23(17,20-5-7(9,10)11)21-6-8(12,13)14;1-5-8(4,6-2)7-3;1-4-7(3,6)5-2;1-4-11-13(7,12-5-2)6-14(8,9)10-3;1-5-6(2,3)4;1-11(7,8)6-12(9,10)2(3,4)5;2-1(3,4)11(5,9)8-12(6,7)10;1-5(2,3)4;1-8(3,4)2-9(5,6)7/h3-6H2,1-2H3,(H,15,16,17);5-6H,1-2H2,3-4H3;4-5H,1-2H2,3H3;4-5H2,1-3H3,(H,6,7);5H,1H2,2-4H3;6H,1H3;(H,8,9,10);1H3,(H,3,4);2H,1H3,(H,5,6,7)/p-1. The molecule has 0 aliphatic rings. The minimum atomic E-state index is -6.76. The molecule has 0 aromatic carbocycles. The monoisotopic (exact) mass is 1720 g/mol. The number of alkyl halides is 12. The van der Waals surface area contributed by atoms with Gasteiger partial charge in [-0.3, -0.25) is 40.4 Å². The second-order valence-corrected chi connectivity index (χ2v) is 47.9. The molecule has 0 aromatic rings. The Kier molecular flexibility index (Phi) is 55.6. The second kappa shape index (κ2) is 47.1. The Balaban J connectivity index is -0.000000132. The lowest BCUT2D eigenvalue weighted by atomic mass is 10.7. The van der Waals surface area contributed by atoms with Gasteiger partial charge in [-0.1, -0.05) is 51.1 Å². The van der Waals surface area contributed by atoms with Crippen LogP contribution in [0.15, 0.2) is 61.4 Å². The van der Waals surface area contributed by atoms with Crippen LogP contribution in [0.4, 0.5) is 73.6 Å². The van der Waals surface area contributed by atoms with E-state index in [0.717, 1.165) is 11.2 Å². The molecular weight excluding hydrogens is 1650 g/mol. The van der Waals surface area contributed by atoms with Gasteiger partial charge in [0, 0.05) is 13.8 Å². The molecule has 0 saturated carbocycles. The summed E-state index contributed by atoms with van der Waals surface area (Å²) >= 11 is 0. The van der Waals surface area contributed by atoms with Gasteiger partial charge in [0.25, 0.3) is 8.41 Å². The maximum Gasteiger partial charge on any atom is 0.512 e. The molecule has 0 saturated heterocycles. The van der Waals surface area contributed by atoms with Crippen LogP contribution in [0.25, 0.3) is 0 Å². The van der Waals surface area contributed by atoms with Crippen LogP contribution in [-0.4, -0.2) is 168 Å². The van der Waals surface area contributed by atoms with E-state index < -0.39 is 159 Å². The normalized spacial score (nSPS) is 14.3.